The van der Waals surface area contributed by atoms with Gasteiger partial charge in [-0.05, 0) is 13.8 Å². The Bertz CT molecular complexity index is 432. The van der Waals surface area contributed by atoms with Crippen LogP contribution < -0.4 is 0 Å². The van der Waals surface area contributed by atoms with Crippen molar-refractivity contribution >= 4 is 9.53 Å². The fraction of sp³-hybridized carbons (Fsp3) is 1.00. The van der Waals surface area contributed by atoms with E-state index in [1.807, 2.05) is 13.8 Å². The summed E-state index contributed by atoms with van der Waals surface area (Å²) in [6, 6.07) is 0. The standard InChI is InChI=1S/C12H22O11.C4H10O.H4O3Si/c13-1-3-5(15)7(17)9(19)11(21-3)23-12-10(20)8(18)6(16)4(2-14)22-12;1-3-5-4-2;1-4(2)3/h3-20H,1-2H2;3-4H2,1-2H3;1-4H/t3-,4-,5-,6-,7+,8+,9-,10-,11-,12-;;/m1../s1. The Morgan fingerprint density at radius 1 is 0.625 bits per heavy atom. The molecule has 2 aliphatic rings. The van der Waals surface area contributed by atoms with Crippen molar-refractivity contribution in [3.8, 4) is 0 Å². The van der Waals surface area contributed by atoms with E-state index in [1.54, 1.807) is 0 Å². The van der Waals surface area contributed by atoms with Gasteiger partial charge in [0.25, 0.3) is 0 Å². The van der Waals surface area contributed by atoms with Gasteiger partial charge in [-0.15, -0.1) is 0 Å². The Labute approximate surface area is 186 Å². The zero-order chi connectivity index (χ0) is 25.0. The third-order valence-corrected chi connectivity index (χ3v) is 4.37. The lowest BCUT2D eigenvalue weighted by Crippen LogP contribution is -2.63. The van der Waals surface area contributed by atoms with Crippen LogP contribution in [0, 0.1) is 0 Å². The van der Waals surface area contributed by atoms with Gasteiger partial charge in [-0.3, -0.25) is 0 Å². The molecule has 2 aliphatic heterocycles. The molecule has 32 heavy (non-hydrogen) atoms. The van der Waals surface area contributed by atoms with E-state index in [0.717, 1.165) is 13.2 Å². The van der Waals surface area contributed by atoms with Gasteiger partial charge in [0, 0.05) is 13.2 Å². The van der Waals surface area contributed by atoms with Crippen LogP contribution in [0.1, 0.15) is 13.8 Å². The van der Waals surface area contributed by atoms with Crippen LogP contribution >= 0.6 is 0 Å². The van der Waals surface area contributed by atoms with Crippen molar-refractivity contribution < 1.29 is 74.2 Å². The molecular weight excluding hydrogens is 460 g/mol. The summed E-state index contributed by atoms with van der Waals surface area (Å²) >= 11 is 0. The van der Waals surface area contributed by atoms with E-state index in [4.69, 9.17) is 43.5 Å². The number of aliphatic hydroxyl groups is 8. The molecule has 2 rings (SSSR count). The molecule has 16 heteroatoms. The van der Waals surface area contributed by atoms with E-state index in [2.05, 4.69) is 0 Å². The number of rotatable bonds is 6. The molecule has 0 saturated carbocycles. The van der Waals surface area contributed by atoms with Crippen LogP contribution in [0.3, 0.4) is 0 Å². The third kappa shape index (κ3) is 9.85. The molecule has 0 aromatic heterocycles. The van der Waals surface area contributed by atoms with E-state index in [-0.39, 0.29) is 0 Å². The van der Waals surface area contributed by atoms with E-state index in [0.29, 0.717) is 0 Å². The van der Waals surface area contributed by atoms with Gasteiger partial charge in [-0.2, -0.15) is 0 Å². The highest BCUT2D eigenvalue weighted by Gasteiger charge is 2.49. The normalized spacial score (nSPS) is 39.6. The first-order chi connectivity index (χ1) is 15.0. The predicted molar refractivity (Wildman–Crippen MR) is 105 cm³/mol. The monoisotopic (exact) mass is 496 g/mol. The topological polar surface area (TPSA) is 259 Å². The summed E-state index contributed by atoms with van der Waals surface area (Å²) in [4.78, 5) is 21.9. The fourth-order valence-corrected chi connectivity index (χ4v) is 2.70. The summed E-state index contributed by atoms with van der Waals surface area (Å²) < 4.78 is 20.1. The summed E-state index contributed by atoms with van der Waals surface area (Å²) in [7, 11) is -3.14. The molecule has 0 aromatic rings. The molecule has 0 unspecified atom stereocenters. The molecule has 0 bridgehead atoms. The Balaban J connectivity index is 0.000000906. The highest BCUT2D eigenvalue weighted by atomic mass is 28.3. The summed E-state index contributed by atoms with van der Waals surface area (Å²) in [6.07, 6.45) is -15.6. The number of ether oxygens (including phenoxy) is 4. The zero-order valence-electron chi connectivity index (χ0n) is 17.7. The maximum atomic E-state index is 9.84. The van der Waals surface area contributed by atoms with Crippen molar-refractivity contribution in [1.29, 1.82) is 0 Å². The van der Waals surface area contributed by atoms with Crippen molar-refractivity contribution in [3.63, 3.8) is 0 Å². The van der Waals surface area contributed by atoms with Gasteiger partial charge < -0.3 is 74.2 Å². The number of hydrogen-bond donors (Lipinski definition) is 11. The van der Waals surface area contributed by atoms with E-state index in [9.17, 15) is 30.6 Å². The minimum atomic E-state index is -3.14. The second kappa shape index (κ2) is 16.3. The molecule has 0 aromatic carbocycles. The second-order valence-electron chi connectivity index (χ2n) is 6.66. The van der Waals surface area contributed by atoms with Crippen LogP contribution in [0.4, 0.5) is 0 Å². The lowest BCUT2D eigenvalue weighted by atomic mass is 9.98. The van der Waals surface area contributed by atoms with Crippen LogP contribution in [0.15, 0.2) is 0 Å². The molecular formula is C16H36O15Si. The first-order valence-corrected chi connectivity index (χ1v) is 11.4. The SMILES string of the molecule is CCOCC.OC[C@H]1O[C@H](O[C@H]2O[C@H](CO)[C@@H](O)[C@H](O)[C@H]2O)[C@H](O)[C@@H](O)[C@@H]1O.O[SiH](O)O. The van der Waals surface area contributed by atoms with Crippen LogP contribution in [-0.4, -0.2) is 153 Å². The van der Waals surface area contributed by atoms with Crippen LogP contribution in [0.2, 0.25) is 0 Å². The Hall–Kier alpha value is -0.383. The highest BCUT2D eigenvalue weighted by molar-refractivity contribution is 6.30. The average Bonchev–Trinajstić information content (AvgIpc) is 2.74. The molecule has 0 spiro atoms. The maximum absolute atomic E-state index is 9.84. The Morgan fingerprint density at radius 2 is 0.938 bits per heavy atom. The summed E-state index contributed by atoms with van der Waals surface area (Å²) in [5, 5.41) is 76.4. The minimum absolute atomic E-state index is 0.667. The van der Waals surface area contributed by atoms with Crippen molar-refractivity contribution in [2.75, 3.05) is 26.4 Å². The summed E-state index contributed by atoms with van der Waals surface area (Å²) in [5.74, 6) is 0. The maximum Gasteiger partial charge on any atom is 0.475 e. The van der Waals surface area contributed by atoms with Gasteiger partial charge >= 0.3 is 9.53 Å². The van der Waals surface area contributed by atoms with Gasteiger partial charge in [0.1, 0.15) is 48.8 Å². The first kappa shape index (κ1) is 31.6. The van der Waals surface area contributed by atoms with Crippen LogP contribution in [0.5, 0.6) is 0 Å². The van der Waals surface area contributed by atoms with Crippen LogP contribution in [-0.2, 0) is 18.9 Å². The minimum Gasteiger partial charge on any atom is -0.394 e. The Morgan fingerprint density at radius 3 is 1.16 bits per heavy atom. The predicted octanol–water partition coefficient (Wildman–Crippen LogP) is -6.67. The molecule has 10 atom stereocenters. The molecule has 0 aliphatic carbocycles. The highest BCUT2D eigenvalue weighted by Crippen LogP contribution is 2.27. The fourth-order valence-electron chi connectivity index (χ4n) is 2.70. The van der Waals surface area contributed by atoms with Crippen molar-refractivity contribution in [2.45, 2.75) is 75.3 Å². The van der Waals surface area contributed by atoms with Gasteiger partial charge in [0.2, 0.25) is 0 Å². The van der Waals surface area contributed by atoms with Gasteiger partial charge in [0.05, 0.1) is 13.2 Å². The number of aliphatic hydroxyl groups excluding tert-OH is 8. The van der Waals surface area contributed by atoms with Crippen molar-refractivity contribution in [1.82, 2.24) is 0 Å². The molecule has 11 N–H and O–H groups in total. The molecule has 2 saturated heterocycles. The zero-order valence-corrected chi connectivity index (χ0v) is 18.9. The lowest BCUT2D eigenvalue weighted by molar-refractivity contribution is -0.376. The molecule has 2 heterocycles. The van der Waals surface area contributed by atoms with Crippen LogP contribution in [0.25, 0.3) is 0 Å². The molecule has 15 nitrogen and oxygen atoms in total. The van der Waals surface area contributed by atoms with Gasteiger partial charge in [0.15, 0.2) is 12.6 Å². The lowest BCUT2D eigenvalue weighted by Gasteiger charge is -2.44. The van der Waals surface area contributed by atoms with Crippen molar-refractivity contribution in [3.05, 3.63) is 0 Å². The van der Waals surface area contributed by atoms with Crippen molar-refractivity contribution in [2.24, 2.45) is 0 Å². The molecule has 0 amide bonds. The molecule has 0 radical (unpaired) electrons. The smallest absolute Gasteiger partial charge is 0.394 e. The van der Waals surface area contributed by atoms with E-state index < -0.39 is 84.2 Å². The molecule has 2 fully saturated rings. The number of hydrogen-bond acceptors (Lipinski definition) is 15. The van der Waals surface area contributed by atoms with Gasteiger partial charge in [-0.1, -0.05) is 0 Å². The first-order valence-electron chi connectivity index (χ1n) is 9.85. The third-order valence-electron chi connectivity index (χ3n) is 4.37. The summed E-state index contributed by atoms with van der Waals surface area (Å²) in [6.45, 7) is 4.33. The van der Waals surface area contributed by atoms with Gasteiger partial charge in [-0.25, -0.2) is 0 Å². The van der Waals surface area contributed by atoms with E-state index in [1.165, 1.54) is 0 Å². The van der Waals surface area contributed by atoms with E-state index >= 15 is 0 Å². The quantitative estimate of drug-likeness (QED) is 0.153. The second-order valence-corrected chi connectivity index (χ2v) is 7.35. The summed E-state index contributed by atoms with van der Waals surface area (Å²) in [5.41, 5.74) is 0. The largest absolute Gasteiger partial charge is 0.475 e. The average molecular weight is 497 g/mol. The molecule has 194 valence electrons. The Kier molecular flexibility index (Phi) is 16.1.